The second kappa shape index (κ2) is 8.01. The molecule has 0 aliphatic carbocycles. The largest absolute Gasteiger partial charge is 0.480 e. The molecule has 8 nitrogen and oxygen atoms in total. The van der Waals surface area contributed by atoms with Gasteiger partial charge in [-0.1, -0.05) is 0 Å². The molecule has 0 bridgehead atoms. The number of esters is 1. The third-order valence-electron chi connectivity index (χ3n) is 2.04. The number of carboxylic acids is 1. The van der Waals surface area contributed by atoms with E-state index in [0.717, 1.165) is 4.31 Å². The van der Waals surface area contributed by atoms with Gasteiger partial charge >= 0.3 is 11.9 Å². The summed E-state index contributed by atoms with van der Waals surface area (Å²) in [5.74, 6) is -3.03. The quantitative estimate of drug-likeness (QED) is 0.535. The predicted octanol–water partition coefficient (Wildman–Crippen LogP) is -1.09. The highest BCUT2D eigenvalue weighted by Gasteiger charge is 2.25. The minimum atomic E-state index is -3.95. The average Bonchev–Trinajstić information content (AvgIpc) is 2.26. The van der Waals surface area contributed by atoms with Crippen LogP contribution in [0.2, 0.25) is 0 Å². The third-order valence-corrected chi connectivity index (χ3v) is 3.80. The second-order valence-corrected chi connectivity index (χ2v) is 5.34. The van der Waals surface area contributed by atoms with Crippen LogP contribution in [0, 0.1) is 0 Å². The van der Waals surface area contributed by atoms with Crippen molar-refractivity contribution in [2.24, 2.45) is 0 Å². The SMILES string of the molecule is COCCN(CCC(=O)OC)S(=O)(=O)CC(=O)O. The van der Waals surface area contributed by atoms with Crippen molar-refractivity contribution in [2.45, 2.75) is 6.42 Å². The molecule has 0 saturated carbocycles. The zero-order valence-corrected chi connectivity index (χ0v) is 11.1. The standard InChI is InChI=1S/C9H17NO7S/c1-16-6-5-10(4-3-9(13)17-2)18(14,15)7-8(11)12/h3-7H2,1-2H3,(H,11,12). The topological polar surface area (TPSA) is 110 Å². The van der Waals surface area contributed by atoms with Crippen molar-refractivity contribution in [1.82, 2.24) is 4.31 Å². The van der Waals surface area contributed by atoms with E-state index in [1.165, 1.54) is 14.2 Å². The Bertz CT molecular complexity index is 378. The molecule has 0 heterocycles. The molecule has 0 amide bonds. The van der Waals surface area contributed by atoms with Crippen LogP contribution in [-0.4, -0.2) is 69.4 Å². The van der Waals surface area contributed by atoms with Gasteiger partial charge in [0, 0.05) is 20.2 Å². The van der Waals surface area contributed by atoms with Crippen molar-refractivity contribution in [3.8, 4) is 0 Å². The number of methoxy groups -OCH3 is 2. The summed E-state index contributed by atoms with van der Waals surface area (Å²) in [5.41, 5.74) is 0. The molecular formula is C9H17NO7S. The lowest BCUT2D eigenvalue weighted by atomic mass is 10.4. The number of ether oxygens (including phenoxy) is 2. The highest BCUT2D eigenvalue weighted by atomic mass is 32.2. The normalized spacial score (nSPS) is 11.5. The molecule has 0 aliphatic rings. The van der Waals surface area contributed by atoms with Gasteiger partial charge in [0.25, 0.3) is 0 Å². The fraction of sp³-hybridized carbons (Fsp3) is 0.778. The number of carboxylic acid groups (broad SMARTS) is 1. The maximum Gasteiger partial charge on any atom is 0.320 e. The summed E-state index contributed by atoms with van der Waals surface area (Å²) in [5, 5.41) is 8.52. The molecule has 106 valence electrons. The number of hydrogen-bond acceptors (Lipinski definition) is 6. The minimum absolute atomic E-state index is 0.0108. The second-order valence-electron chi connectivity index (χ2n) is 3.37. The number of rotatable bonds is 9. The summed E-state index contributed by atoms with van der Waals surface area (Å²) in [6.45, 7) is -0.0330. The minimum Gasteiger partial charge on any atom is -0.480 e. The highest BCUT2D eigenvalue weighted by Crippen LogP contribution is 2.04. The van der Waals surface area contributed by atoms with Crippen LogP contribution in [0.15, 0.2) is 0 Å². The van der Waals surface area contributed by atoms with Crippen molar-refractivity contribution in [3.63, 3.8) is 0 Å². The van der Waals surface area contributed by atoms with Crippen LogP contribution in [0.5, 0.6) is 0 Å². The van der Waals surface area contributed by atoms with E-state index in [-0.39, 0.29) is 26.1 Å². The number of hydrogen-bond donors (Lipinski definition) is 1. The average molecular weight is 283 g/mol. The first-order chi connectivity index (χ1) is 8.33. The van der Waals surface area contributed by atoms with Gasteiger partial charge in [-0.15, -0.1) is 0 Å². The summed E-state index contributed by atoms with van der Waals surface area (Å²) in [6.07, 6.45) is -0.140. The molecule has 0 atom stereocenters. The summed E-state index contributed by atoms with van der Waals surface area (Å²) in [6, 6.07) is 0. The van der Waals surface area contributed by atoms with Gasteiger partial charge in [0.2, 0.25) is 10.0 Å². The number of nitrogens with zero attached hydrogens (tertiary/aromatic N) is 1. The van der Waals surface area contributed by atoms with E-state index >= 15 is 0 Å². The van der Waals surface area contributed by atoms with Crippen LogP contribution in [0.4, 0.5) is 0 Å². The lowest BCUT2D eigenvalue weighted by molar-refractivity contribution is -0.140. The molecule has 1 N–H and O–H groups in total. The van der Waals surface area contributed by atoms with Gasteiger partial charge in [0.1, 0.15) is 0 Å². The number of carbonyl (C=O) groups excluding carboxylic acids is 1. The van der Waals surface area contributed by atoms with Crippen LogP contribution in [0.3, 0.4) is 0 Å². The van der Waals surface area contributed by atoms with Crippen LogP contribution in [0.25, 0.3) is 0 Å². The molecule has 0 aromatic heterocycles. The smallest absolute Gasteiger partial charge is 0.320 e. The van der Waals surface area contributed by atoms with Gasteiger partial charge < -0.3 is 14.6 Å². The Morgan fingerprint density at radius 2 is 1.83 bits per heavy atom. The first kappa shape index (κ1) is 16.8. The van der Waals surface area contributed by atoms with Gasteiger partial charge in [0.05, 0.1) is 20.1 Å². The van der Waals surface area contributed by atoms with Gasteiger partial charge in [-0.25, -0.2) is 8.42 Å². The van der Waals surface area contributed by atoms with E-state index < -0.39 is 27.7 Å². The Morgan fingerprint density at radius 3 is 2.28 bits per heavy atom. The molecular weight excluding hydrogens is 266 g/mol. The molecule has 0 saturated heterocycles. The molecule has 0 aromatic rings. The molecule has 0 fully saturated rings. The first-order valence-electron chi connectivity index (χ1n) is 5.09. The maximum atomic E-state index is 11.7. The van der Waals surface area contributed by atoms with Crippen LogP contribution < -0.4 is 0 Å². The molecule has 0 rings (SSSR count). The molecule has 0 spiro atoms. The summed E-state index contributed by atoms with van der Waals surface area (Å²) in [4.78, 5) is 21.4. The molecule has 0 aliphatic heterocycles. The van der Waals surface area contributed by atoms with Gasteiger partial charge in [-0.2, -0.15) is 4.31 Å². The van der Waals surface area contributed by atoms with Gasteiger partial charge in [0.15, 0.2) is 5.75 Å². The fourth-order valence-corrected chi connectivity index (χ4v) is 2.37. The molecule has 0 unspecified atom stereocenters. The molecule has 9 heteroatoms. The molecule has 18 heavy (non-hydrogen) atoms. The Morgan fingerprint density at radius 1 is 1.22 bits per heavy atom. The van der Waals surface area contributed by atoms with E-state index in [1.807, 2.05) is 0 Å². The lowest BCUT2D eigenvalue weighted by Crippen LogP contribution is -2.39. The molecule has 0 radical (unpaired) electrons. The van der Waals surface area contributed by atoms with E-state index in [0.29, 0.717) is 0 Å². The predicted molar refractivity (Wildman–Crippen MR) is 61.5 cm³/mol. The van der Waals surface area contributed by atoms with Crippen molar-refractivity contribution in [1.29, 1.82) is 0 Å². The van der Waals surface area contributed by atoms with Crippen LogP contribution in [-0.2, 0) is 29.1 Å². The Hall–Kier alpha value is -1.19. The fourth-order valence-electron chi connectivity index (χ4n) is 1.15. The van der Waals surface area contributed by atoms with E-state index in [9.17, 15) is 18.0 Å². The molecule has 0 aromatic carbocycles. The number of carbonyl (C=O) groups is 2. The Labute approximate surface area is 106 Å². The monoisotopic (exact) mass is 283 g/mol. The zero-order valence-electron chi connectivity index (χ0n) is 10.3. The summed E-state index contributed by atoms with van der Waals surface area (Å²) >= 11 is 0. The zero-order chi connectivity index (χ0) is 14.2. The third kappa shape index (κ3) is 6.52. The Kier molecular flexibility index (Phi) is 7.48. The number of sulfonamides is 1. The van der Waals surface area contributed by atoms with Crippen LogP contribution >= 0.6 is 0 Å². The summed E-state index contributed by atoms with van der Waals surface area (Å²) < 4.78 is 33.4. The first-order valence-corrected chi connectivity index (χ1v) is 6.69. The maximum absolute atomic E-state index is 11.7. The van der Waals surface area contributed by atoms with E-state index in [2.05, 4.69) is 4.74 Å². The van der Waals surface area contributed by atoms with Crippen LogP contribution in [0.1, 0.15) is 6.42 Å². The lowest BCUT2D eigenvalue weighted by Gasteiger charge is -2.20. The highest BCUT2D eigenvalue weighted by molar-refractivity contribution is 7.89. The van der Waals surface area contributed by atoms with Crippen molar-refractivity contribution < 1.29 is 32.6 Å². The summed E-state index contributed by atoms with van der Waals surface area (Å²) in [7, 11) is -1.37. The van der Waals surface area contributed by atoms with Crippen molar-refractivity contribution in [2.75, 3.05) is 39.7 Å². The Balaban J connectivity index is 4.65. The van der Waals surface area contributed by atoms with Crippen molar-refractivity contribution >= 4 is 22.0 Å². The number of aliphatic carboxylic acids is 1. The van der Waals surface area contributed by atoms with E-state index in [4.69, 9.17) is 9.84 Å². The van der Waals surface area contributed by atoms with Gasteiger partial charge in [-0.3, -0.25) is 9.59 Å². The van der Waals surface area contributed by atoms with Gasteiger partial charge in [-0.05, 0) is 0 Å². The van der Waals surface area contributed by atoms with E-state index in [1.54, 1.807) is 0 Å². The van der Waals surface area contributed by atoms with Crippen molar-refractivity contribution in [3.05, 3.63) is 0 Å².